The van der Waals surface area contributed by atoms with E-state index < -0.39 is 10.0 Å². The second-order valence-electron chi connectivity index (χ2n) is 3.72. The minimum atomic E-state index is -3.21. The van der Waals surface area contributed by atoms with Gasteiger partial charge >= 0.3 is 0 Å². The van der Waals surface area contributed by atoms with Crippen molar-refractivity contribution in [1.29, 1.82) is 0 Å². The summed E-state index contributed by atoms with van der Waals surface area (Å²) >= 11 is 0. The third-order valence-electron chi connectivity index (χ3n) is 2.25. The second kappa shape index (κ2) is 4.68. The van der Waals surface area contributed by atoms with Crippen LogP contribution in [0.2, 0.25) is 0 Å². The van der Waals surface area contributed by atoms with Crippen LogP contribution in [-0.4, -0.2) is 31.2 Å². The molecule has 0 saturated carbocycles. The first-order valence-electron chi connectivity index (χ1n) is 5.12. The molecule has 4 N–H and O–H groups in total. The summed E-state index contributed by atoms with van der Waals surface area (Å²) in [4.78, 5) is 7.04. The Morgan fingerprint density at radius 2 is 2.33 bits per heavy atom. The number of nitrogens with one attached hydrogen (secondary N) is 2. The highest BCUT2D eigenvalue weighted by Crippen LogP contribution is 2.21. The van der Waals surface area contributed by atoms with Gasteiger partial charge in [-0.1, -0.05) is 11.8 Å². The van der Waals surface area contributed by atoms with Crippen LogP contribution in [0.5, 0.6) is 0 Å². The van der Waals surface area contributed by atoms with Gasteiger partial charge < -0.3 is 10.7 Å². The number of rotatable bonds is 2. The van der Waals surface area contributed by atoms with Crippen LogP contribution in [0.4, 0.5) is 5.69 Å². The average Bonchev–Trinajstić information content (AvgIpc) is 2.66. The average molecular weight is 264 g/mol. The fourth-order valence-electron chi connectivity index (χ4n) is 1.49. The number of hydrogen-bond acceptors (Lipinski definition) is 4. The Labute approximate surface area is 105 Å². The third kappa shape index (κ3) is 2.80. The molecule has 0 bridgehead atoms. The van der Waals surface area contributed by atoms with Gasteiger partial charge in [0.15, 0.2) is 0 Å². The molecule has 2 aromatic heterocycles. The van der Waals surface area contributed by atoms with Gasteiger partial charge in [-0.3, -0.25) is 0 Å². The molecule has 0 unspecified atom stereocenters. The van der Waals surface area contributed by atoms with Crippen LogP contribution in [0.15, 0.2) is 18.5 Å². The largest absolute Gasteiger partial charge is 0.397 e. The lowest BCUT2D eigenvalue weighted by molar-refractivity contribution is 0.592. The number of aromatic amines is 1. The van der Waals surface area contributed by atoms with Gasteiger partial charge in [-0.25, -0.2) is 18.1 Å². The molecule has 2 aromatic rings. The van der Waals surface area contributed by atoms with Gasteiger partial charge in [0, 0.05) is 18.0 Å². The summed E-state index contributed by atoms with van der Waals surface area (Å²) in [5.74, 6) is 5.60. The Hall–Kier alpha value is -2.04. The van der Waals surface area contributed by atoms with E-state index in [0.29, 0.717) is 16.9 Å². The summed E-state index contributed by atoms with van der Waals surface area (Å²) in [6, 6.07) is 1.74. The van der Waals surface area contributed by atoms with Gasteiger partial charge in [-0.2, -0.15) is 0 Å². The Morgan fingerprint density at radius 3 is 3.06 bits per heavy atom. The second-order valence-corrected chi connectivity index (χ2v) is 5.55. The van der Waals surface area contributed by atoms with E-state index >= 15 is 0 Å². The first-order valence-corrected chi connectivity index (χ1v) is 7.01. The molecule has 0 amide bonds. The minimum Gasteiger partial charge on any atom is -0.397 e. The van der Waals surface area contributed by atoms with E-state index in [1.807, 2.05) is 0 Å². The number of pyridine rings is 1. The van der Waals surface area contributed by atoms with Crippen LogP contribution in [0.3, 0.4) is 0 Å². The monoisotopic (exact) mass is 264 g/mol. The zero-order valence-electron chi connectivity index (χ0n) is 9.69. The standard InChI is InChI=1S/C11H12N4O2S/c1-18(16,17)15-5-2-3-8-4-6-13-11-10(8)9(12)7-14-11/h4,6-7,15H,5,12H2,1H3,(H,13,14). The summed E-state index contributed by atoms with van der Waals surface area (Å²) in [7, 11) is -3.21. The summed E-state index contributed by atoms with van der Waals surface area (Å²) in [5.41, 5.74) is 7.75. The number of nitrogen functional groups attached to an aromatic ring is 1. The number of H-pyrrole nitrogens is 1. The minimum absolute atomic E-state index is 0.0625. The molecule has 6 nitrogen and oxygen atoms in total. The maximum absolute atomic E-state index is 10.9. The van der Waals surface area contributed by atoms with Gasteiger partial charge in [0.25, 0.3) is 0 Å². The van der Waals surface area contributed by atoms with E-state index in [0.717, 1.165) is 11.6 Å². The molecule has 18 heavy (non-hydrogen) atoms. The molecule has 2 rings (SSSR count). The molecule has 0 aliphatic heterocycles. The SMILES string of the molecule is CS(=O)(=O)NCC#Cc1ccnc2[nH]cc(N)c12. The normalized spacial score (nSPS) is 11.2. The maximum atomic E-state index is 10.9. The Kier molecular flexibility index (Phi) is 3.23. The molecule has 0 radical (unpaired) electrons. The van der Waals surface area contributed by atoms with Crippen LogP contribution in [-0.2, 0) is 10.0 Å². The lowest BCUT2D eigenvalue weighted by Crippen LogP contribution is -2.21. The quantitative estimate of drug-likeness (QED) is 0.667. The van der Waals surface area contributed by atoms with Crippen molar-refractivity contribution in [3.8, 4) is 11.8 Å². The van der Waals surface area contributed by atoms with E-state index in [1.54, 1.807) is 18.5 Å². The van der Waals surface area contributed by atoms with Crippen LogP contribution in [0.25, 0.3) is 11.0 Å². The molecular weight excluding hydrogens is 252 g/mol. The molecule has 0 aliphatic rings. The first-order chi connectivity index (χ1) is 8.47. The molecular formula is C11H12N4O2S. The molecule has 0 atom stereocenters. The summed E-state index contributed by atoms with van der Waals surface area (Å²) in [5, 5.41) is 0.754. The van der Waals surface area contributed by atoms with Crippen molar-refractivity contribution in [2.24, 2.45) is 0 Å². The van der Waals surface area contributed by atoms with E-state index in [9.17, 15) is 8.42 Å². The summed E-state index contributed by atoms with van der Waals surface area (Å²) in [6.45, 7) is 0.0625. The molecule has 0 saturated heterocycles. The number of fused-ring (bicyclic) bond motifs is 1. The van der Waals surface area contributed by atoms with Gasteiger partial charge in [-0.15, -0.1) is 0 Å². The summed E-state index contributed by atoms with van der Waals surface area (Å²) in [6.07, 6.45) is 4.35. The van der Waals surface area contributed by atoms with Crippen molar-refractivity contribution in [2.75, 3.05) is 18.5 Å². The van der Waals surface area contributed by atoms with Crippen LogP contribution < -0.4 is 10.5 Å². The highest BCUT2D eigenvalue weighted by Gasteiger charge is 2.04. The highest BCUT2D eigenvalue weighted by atomic mass is 32.2. The lowest BCUT2D eigenvalue weighted by Gasteiger charge is -1.96. The van der Waals surface area contributed by atoms with Crippen molar-refractivity contribution in [3.63, 3.8) is 0 Å². The number of nitrogens with zero attached hydrogens (tertiary/aromatic N) is 1. The van der Waals surface area contributed by atoms with Crippen LogP contribution in [0, 0.1) is 11.8 Å². The Balaban J connectivity index is 2.27. The molecule has 0 aromatic carbocycles. The highest BCUT2D eigenvalue weighted by molar-refractivity contribution is 7.88. The molecule has 0 spiro atoms. The van der Waals surface area contributed by atoms with E-state index in [4.69, 9.17) is 5.73 Å². The van der Waals surface area contributed by atoms with E-state index in [1.165, 1.54) is 0 Å². The van der Waals surface area contributed by atoms with Gasteiger partial charge in [0.1, 0.15) is 5.65 Å². The molecule has 7 heteroatoms. The van der Waals surface area contributed by atoms with Gasteiger partial charge in [0.2, 0.25) is 10.0 Å². The fourth-order valence-corrected chi connectivity index (χ4v) is 1.83. The topological polar surface area (TPSA) is 101 Å². The molecule has 0 aliphatic carbocycles. The van der Waals surface area contributed by atoms with Crippen LogP contribution >= 0.6 is 0 Å². The van der Waals surface area contributed by atoms with Crippen molar-refractivity contribution >= 4 is 26.7 Å². The van der Waals surface area contributed by atoms with Crippen LogP contribution in [0.1, 0.15) is 5.56 Å². The van der Waals surface area contributed by atoms with Gasteiger partial charge in [-0.05, 0) is 6.07 Å². The number of nitrogens with two attached hydrogens (primary N) is 1. The first kappa shape index (κ1) is 12.4. The predicted molar refractivity (Wildman–Crippen MR) is 70.2 cm³/mol. The Morgan fingerprint density at radius 1 is 1.56 bits per heavy atom. The third-order valence-corrected chi connectivity index (χ3v) is 2.92. The van der Waals surface area contributed by atoms with Gasteiger partial charge in [0.05, 0.1) is 23.9 Å². The van der Waals surface area contributed by atoms with E-state index in [-0.39, 0.29) is 6.54 Å². The zero-order valence-corrected chi connectivity index (χ0v) is 10.5. The zero-order chi connectivity index (χ0) is 13.2. The lowest BCUT2D eigenvalue weighted by atomic mass is 10.2. The van der Waals surface area contributed by atoms with Crippen molar-refractivity contribution in [3.05, 3.63) is 24.0 Å². The maximum Gasteiger partial charge on any atom is 0.209 e. The molecule has 94 valence electrons. The number of sulfonamides is 1. The predicted octanol–water partition coefficient (Wildman–Crippen LogP) is 0.0458. The summed E-state index contributed by atoms with van der Waals surface area (Å²) < 4.78 is 24.0. The van der Waals surface area contributed by atoms with Crippen molar-refractivity contribution < 1.29 is 8.42 Å². The smallest absolute Gasteiger partial charge is 0.209 e. The van der Waals surface area contributed by atoms with Crippen molar-refractivity contribution in [1.82, 2.24) is 14.7 Å². The Bertz CT molecular complexity index is 737. The van der Waals surface area contributed by atoms with Crippen molar-refractivity contribution in [2.45, 2.75) is 0 Å². The number of anilines is 1. The molecule has 0 fully saturated rings. The molecule has 2 heterocycles. The van der Waals surface area contributed by atoms with E-state index in [2.05, 4.69) is 26.5 Å². The fraction of sp³-hybridized carbons (Fsp3) is 0.182. The number of hydrogen-bond donors (Lipinski definition) is 3. The number of aromatic nitrogens is 2.